The molecule has 3 aromatic rings. The molecule has 2 saturated carbocycles. The molecule has 2 aliphatic carbocycles. The molecule has 0 bridgehead atoms. The molecule has 2 aromatic heterocycles. The van der Waals surface area contributed by atoms with Gasteiger partial charge in [-0.2, -0.15) is 8.78 Å². The summed E-state index contributed by atoms with van der Waals surface area (Å²) >= 11 is 0. The lowest BCUT2D eigenvalue weighted by molar-refractivity contribution is -0.144. The normalized spacial score (nSPS) is 18.6. The first kappa shape index (κ1) is 23.7. The van der Waals surface area contributed by atoms with Crippen molar-refractivity contribution in [2.75, 3.05) is 20.2 Å². The van der Waals surface area contributed by atoms with E-state index in [0.29, 0.717) is 30.0 Å². The average Bonchev–Trinajstić information content (AvgIpc) is 3.78. The summed E-state index contributed by atoms with van der Waals surface area (Å²) in [6.45, 7) is -2.41. The zero-order valence-corrected chi connectivity index (χ0v) is 20.1. The molecule has 3 aliphatic rings. The highest BCUT2D eigenvalue weighted by atomic mass is 19.3. The third kappa shape index (κ3) is 4.16. The SMILES string of the molecule is COc1cc(-c2cnc3cc(C4(C(=O)N5CC(O)C5)CC4)ccn23)cc(OC(F)F)c1C(=O)NC1CC1. The number of alkyl halides is 2. The fraction of sp³-hybridized carbons (Fsp3) is 0.423. The molecule has 37 heavy (non-hydrogen) atoms. The molecular weight excluding hydrogens is 486 g/mol. The van der Waals surface area contributed by atoms with Crippen molar-refractivity contribution >= 4 is 17.5 Å². The van der Waals surface area contributed by atoms with Crippen LogP contribution in [-0.4, -0.2) is 70.2 Å². The maximum atomic E-state index is 13.3. The van der Waals surface area contributed by atoms with Gasteiger partial charge in [0.15, 0.2) is 0 Å². The minimum atomic E-state index is -3.13. The Morgan fingerprint density at radius 1 is 1.19 bits per heavy atom. The molecule has 194 valence electrons. The van der Waals surface area contributed by atoms with Crippen LogP contribution in [-0.2, 0) is 10.2 Å². The molecule has 2 amide bonds. The summed E-state index contributed by atoms with van der Waals surface area (Å²) in [7, 11) is 1.36. The molecule has 1 aliphatic heterocycles. The maximum Gasteiger partial charge on any atom is 0.387 e. The number of aliphatic hydroxyl groups is 1. The monoisotopic (exact) mass is 512 g/mol. The van der Waals surface area contributed by atoms with Crippen LogP contribution in [0.4, 0.5) is 8.78 Å². The Kier molecular flexibility index (Phi) is 5.55. The van der Waals surface area contributed by atoms with Crippen LogP contribution in [0, 0.1) is 0 Å². The van der Waals surface area contributed by atoms with Gasteiger partial charge in [0.2, 0.25) is 5.91 Å². The number of fused-ring (bicyclic) bond motifs is 1. The van der Waals surface area contributed by atoms with Gasteiger partial charge in [-0.1, -0.05) is 0 Å². The first-order valence-corrected chi connectivity index (χ1v) is 12.2. The van der Waals surface area contributed by atoms with E-state index in [-0.39, 0.29) is 29.0 Å². The predicted molar refractivity (Wildman–Crippen MR) is 128 cm³/mol. The van der Waals surface area contributed by atoms with Crippen LogP contribution < -0.4 is 14.8 Å². The number of pyridine rings is 1. The highest BCUT2D eigenvalue weighted by Gasteiger charge is 2.54. The van der Waals surface area contributed by atoms with Gasteiger partial charge in [-0.15, -0.1) is 0 Å². The highest BCUT2D eigenvalue weighted by molar-refractivity contribution is 6.01. The fourth-order valence-electron chi connectivity index (χ4n) is 4.96. The third-order valence-electron chi connectivity index (χ3n) is 7.31. The summed E-state index contributed by atoms with van der Waals surface area (Å²) in [5, 5.41) is 12.4. The van der Waals surface area contributed by atoms with Crippen LogP contribution in [0.1, 0.15) is 41.6 Å². The molecule has 9 nitrogen and oxygen atoms in total. The van der Waals surface area contributed by atoms with Crippen molar-refractivity contribution in [3.63, 3.8) is 0 Å². The van der Waals surface area contributed by atoms with Crippen molar-refractivity contribution in [1.82, 2.24) is 19.6 Å². The van der Waals surface area contributed by atoms with E-state index >= 15 is 0 Å². The molecule has 1 aromatic carbocycles. The van der Waals surface area contributed by atoms with Gasteiger partial charge < -0.3 is 24.8 Å². The number of carbonyl (C=O) groups excluding carboxylic acids is 2. The summed E-state index contributed by atoms with van der Waals surface area (Å²) in [6.07, 6.45) is 6.08. The summed E-state index contributed by atoms with van der Waals surface area (Å²) in [6, 6.07) is 6.73. The molecule has 0 atom stereocenters. The Morgan fingerprint density at radius 2 is 1.92 bits per heavy atom. The number of hydrogen-bond donors (Lipinski definition) is 2. The lowest BCUT2D eigenvalue weighted by Crippen LogP contribution is -2.56. The number of aliphatic hydroxyl groups excluding tert-OH is 1. The molecule has 0 unspecified atom stereocenters. The Balaban J connectivity index is 1.36. The number of aromatic nitrogens is 2. The second-order valence-electron chi connectivity index (χ2n) is 9.91. The van der Waals surface area contributed by atoms with E-state index < -0.39 is 24.0 Å². The van der Waals surface area contributed by atoms with Crippen molar-refractivity contribution in [3.8, 4) is 22.8 Å². The minimum Gasteiger partial charge on any atom is -0.496 e. The van der Waals surface area contributed by atoms with Crippen LogP contribution in [0.3, 0.4) is 0 Å². The van der Waals surface area contributed by atoms with Crippen LogP contribution in [0.25, 0.3) is 16.9 Å². The van der Waals surface area contributed by atoms with E-state index in [1.807, 2.05) is 12.1 Å². The van der Waals surface area contributed by atoms with Crippen LogP contribution >= 0.6 is 0 Å². The van der Waals surface area contributed by atoms with Crippen molar-refractivity contribution in [2.24, 2.45) is 0 Å². The van der Waals surface area contributed by atoms with Crippen LogP contribution in [0.5, 0.6) is 11.5 Å². The number of likely N-dealkylation sites (tertiary alicyclic amines) is 1. The average molecular weight is 513 g/mol. The zero-order valence-electron chi connectivity index (χ0n) is 20.1. The molecule has 6 rings (SSSR count). The third-order valence-corrected chi connectivity index (χ3v) is 7.31. The van der Waals surface area contributed by atoms with E-state index in [2.05, 4.69) is 10.3 Å². The van der Waals surface area contributed by atoms with Gasteiger partial charge in [-0.25, -0.2) is 4.98 Å². The number of hydrogen-bond acceptors (Lipinski definition) is 6. The number of β-amino-alcohol motifs (C(OH)–C–C–N with tert-alkyl or cyclic N) is 1. The number of halogens is 2. The number of rotatable bonds is 8. The van der Waals surface area contributed by atoms with Gasteiger partial charge in [-0.3, -0.25) is 14.0 Å². The minimum absolute atomic E-state index is 0.0209. The number of benzene rings is 1. The van der Waals surface area contributed by atoms with Gasteiger partial charge in [-0.05, 0) is 55.5 Å². The molecule has 0 radical (unpaired) electrons. The number of imidazole rings is 1. The van der Waals surface area contributed by atoms with E-state index in [9.17, 15) is 23.5 Å². The largest absolute Gasteiger partial charge is 0.496 e. The van der Waals surface area contributed by atoms with Crippen molar-refractivity contribution in [1.29, 1.82) is 0 Å². The van der Waals surface area contributed by atoms with E-state index in [4.69, 9.17) is 9.47 Å². The predicted octanol–water partition coefficient (Wildman–Crippen LogP) is 2.74. The Morgan fingerprint density at radius 3 is 2.54 bits per heavy atom. The lowest BCUT2D eigenvalue weighted by Gasteiger charge is -2.38. The Hall–Kier alpha value is -3.73. The van der Waals surface area contributed by atoms with E-state index in [1.165, 1.54) is 13.2 Å². The molecule has 3 heterocycles. The molecule has 3 fully saturated rings. The quantitative estimate of drug-likeness (QED) is 0.481. The molecule has 0 spiro atoms. The van der Waals surface area contributed by atoms with E-state index in [1.54, 1.807) is 27.8 Å². The summed E-state index contributed by atoms with van der Waals surface area (Å²) in [4.78, 5) is 32.0. The second-order valence-corrected chi connectivity index (χ2v) is 9.91. The zero-order chi connectivity index (χ0) is 25.9. The topological polar surface area (TPSA) is 105 Å². The number of nitrogens with zero attached hydrogens (tertiary/aromatic N) is 3. The number of nitrogens with one attached hydrogen (secondary N) is 1. The number of carbonyl (C=O) groups is 2. The summed E-state index contributed by atoms with van der Waals surface area (Å²) in [5.41, 5.74) is 1.82. The first-order chi connectivity index (χ1) is 17.8. The highest BCUT2D eigenvalue weighted by Crippen LogP contribution is 2.50. The smallest absolute Gasteiger partial charge is 0.387 e. The van der Waals surface area contributed by atoms with Gasteiger partial charge in [0.25, 0.3) is 5.91 Å². The van der Waals surface area contributed by atoms with Crippen LogP contribution in [0.2, 0.25) is 0 Å². The fourth-order valence-corrected chi connectivity index (χ4v) is 4.96. The van der Waals surface area contributed by atoms with Crippen molar-refractivity contribution < 1.29 is 33.0 Å². The van der Waals surface area contributed by atoms with Gasteiger partial charge in [0.05, 0.1) is 30.5 Å². The van der Waals surface area contributed by atoms with Crippen molar-refractivity contribution in [2.45, 2.75) is 49.9 Å². The first-order valence-electron chi connectivity index (χ1n) is 12.2. The molecule has 11 heteroatoms. The maximum absolute atomic E-state index is 13.3. The molecule has 2 N–H and O–H groups in total. The van der Waals surface area contributed by atoms with Gasteiger partial charge >= 0.3 is 6.61 Å². The summed E-state index contributed by atoms with van der Waals surface area (Å²) < 4.78 is 38.5. The number of amides is 2. The van der Waals surface area contributed by atoms with E-state index in [0.717, 1.165) is 31.2 Å². The van der Waals surface area contributed by atoms with Crippen molar-refractivity contribution in [3.05, 3.63) is 47.8 Å². The molecular formula is C26H26F2N4O5. The summed E-state index contributed by atoms with van der Waals surface area (Å²) in [5.74, 6) is -0.684. The number of methoxy groups -OCH3 is 1. The van der Waals surface area contributed by atoms with Gasteiger partial charge in [0, 0.05) is 30.9 Å². The standard InChI is InChI=1S/C26H26F2N4O5/c1-36-19-8-14(9-20(37-25(27)28)22(19)23(34)30-16-2-3-16)18-11-29-21-10-15(4-7-32(18)21)26(5-6-26)24(35)31-12-17(33)13-31/h4,7-11,16-17,25,33H,2-3,5-6,12-13H2,1H3,(H,30,34). The Labute approximate surface area is 211 Å². The van der Waals surface area contributed by atoms with Gasteiger partial charge in [0.1, 0.15) is 22.7 Å². The number of ether oxygens (including phenoxy) is 2. The second kappa shape index (κ2) is 8.69. The Bertz CT molecular complexity index is 1390. The molecule has 1 saturated heterocycles. The van der Waals surface area contributed by atoms with Crippen LogP contribution in [0.15, 0.2) is 36.7 Å². The lowest BCUT2D eigenvalue weighted by atomic mass is 9.93.